The summed E-state index contributed by atoms with van der Waals surface area (Å²) in [6, 6.07) is -0.822. The van der Waals surface area contributed by atoms with Gasteiger partial charge in [-0.25, -0.2) is 0 Å². The molecule has 0 aromatic heterocycles. The molecule has 0 aromatic rings. The van der Waals surface area contributed by atoms with Crippen molar-refractivity contribution >= 4 is 5.91 Å². The molecule has 0 bridgehead atoms. The molecule has 0 aliphatic heterocycles. The van der Waals surface area contributed by atoms with E-state index in [2.05, 4.69) is 31.3 Å². The molecule has 57 heavy (non-hydrogen) atoms. The molecule has 0 heterocycles. The SMILES string of the molecule is CCCCCCCCCCCCCCCCC/C=C/CCCC(O)C(O)C(CO)NC(=O)CCCCCCCCCCCCCCCCCCCCCCCCC. The lowest BCUT2D eigenvalue weighted by atomic mass is 10.0. The Morgan fingerprint density at radius 1 is 0.421 bits per heavy atom. The maximum absolute atomic E-state index is 12.5. The Morgan fingerprint density at radius 3 is 1.02 bits per heavy atom. The van der Waals surface area contributed by atoms with E-state index in [1.165, 1.54) is 225 Å². The predicted molar refractivity (Wildman–Crippen MR) is 250 cm³/mol. The summed E-state index contributed by atoms with van der Waals surface area (Å²) in [6.07, 6.45) is 57.8. The first-order valence-corrected chi connectivity index (χ1v) is 26.0. The Hall–Kier alpha value is -0.910. The van der Waals surface area contributed by atoms with Crippen LogP contribution in [0.4, 0.5) is 0 Å². The van der Waals surface area contributed by atoms with Crippen molar-refractivity contribution in [3.8, 4) is 0 Å². The smallest absolute Gasteiger partial charge is 0.220 e. The lowest BCUT2D eigenvalue weighted by molar-refractivity contribution is -0.124. The molecule has 340 valence electrons. The van der Waals surface area contributed by atoms with Gasteiger partial charge in [-0.1, -0.05) is 257 Å². The molecule has 5 nitrogen and oxygen atoms in total. The zero-order chi connectivity index (χ0) is 41.5. The molecule has 3 atom stereocenters. The number of amides is 1. The van der Waals surface area contributed by atoms with Crippen molar-refractivity contribution in [2.24, 2.45) is 0 Å². The molecule has 0 aromatic carbocycles. The molecule has 0 saturated carbocycles. The molecule has 0 spiro atoms. The van der Waals surface area contributed by atoms with Crippen LogP contribution >= 0.6 is 0 Å². The van der Waals surface area contributed by atoms with Crippen LogP contribution in [-0.4, -0.2) is 46.1 Å². The van der Waals surface area contributed by atoms with Crippen molar-refractivity contribution in [3.63, 3.8) is 0 Å². The van der Waals surface area contributed by atoms with Crippen LogP contribution < -0.4 is 5.32 Å². The predicted octanol–water partition coefficient (Wildman–Crippen LogP) is 15.6. The summed E-state index contributed by atoms with van der Waals surface area (Å²) in [6.45, 7) is 4.20. The van der Waals surface area contributed by atoms with Gasteiger partial charge in [-0.3, -0.25) is 4.79 Å². The second kappa shape index (κ2) is 47.8. The van der Waals surface area contributed by atoms with Crippen molar-refractivity contribution in [1.82, 2.24) is 5.32 Å². The van der Waals surface area contributed by atoms with Gasteiger partial charge < -0.3 is 20.6 Å². The number of carbonyl (C=O) groups excluding carboxylic acids is 1. The normalized spacial score (nSPS) is 13.4. The van der Waals surface area contributed by atoms with Crippen LogP contribution in [0.15, 0.2) is 12.2 Å². The summed E-state index contributed by atoms with van der Waals surface area (Å²) in [4.78, 5) is 12.5. The Labute approximate surface area is 357 Å². The third kappa shape index (κ3) is 43.0. The highest BCUT2D eigenvalue weighted by molar-refractivity contribution is 5.76. The highest BCUT2D eigenvalue weighted by Gasteiger charge is 2.26. The van der Waals surface area contributed by atoms with Gasteiger partial charge in [-0.2, -0.15) is 0 Å². The van der Waals surface area contributed by atoms with E-state index in [0.717, 1.165) is 38.5 Å². The van der Waals surface area contributed by atoms with Gasteiger partial charge in [0, 0.05) is 6.42 Å². The summed E-state index contributed by atoms with van der Waals surface area (Å²) < 4.78 is 0. The number of nitrogens with one attached hydrogen (secondary N) is 1. The number of hydrogen-bond donors (Lipinski definition) is 4. The largest absolute Gasteiger partial charge is 0.394 e. The first-order valence-electron chi connectivity index (χ1n) is 26.0. The first kappa shape index (κ1) is 56.1. The van der Waals surface area contributed by atoms with E-state index in [1.807, 2.05) is 0 Å². The highest BCUT2D eigenvalue weighted by Crippen LogP contribution is 2.17. The molecule has 3 unspecified atom stereocenters. The Balaban J connectivity index is 3.56. The van der Waals surface area contributed by atoms with Crippen molar-refractivity contribution < 1.29 is 20.1 Å². The number of unbranched alkanes of at least 4 members (excludes halogenated alkanes) is 38. The summed E-state index contributed by atoms with van der Waals surface area (Å²) >= 11 is 0. The lowest BCUT2D eigenvalue weighted by Gasteiger charge is -2.26. The molecular formula is C52H103NO4. The molecule has 5 heteroatoms. The fourth-order valence-corrected chi connectivity index (χ4v) is 8.34. The molecular weight excluding hydrogens is 703 g/mol. The lowest BCUT2D eigenvalue weighted by Crippen LogP contribution is -2.50. The molecule has 1 amide bonds. The highest BCUT2D eigenvalue weighted by atomic mass is 16.3. The van der Waals surface area contributed by atoms with Crippen LogP contribution in [0.2, 0.25) is 0 Å². The molecule has 0 radical (unpaired) electrons. The molecule has 4 N–H and O–H groups in total. The van der Waals surface area contributed by atoms with Gasteiger partial charge in [0.15, 0.2) is 0 Å². The summed E-state index contributed by atoms with van der Waals surface area (Å²) in [7, 11) is 0. The second-order valence-corrected chi connectivity index (χ2v) is 18.1. The second-order valence-electron chi connectivity index (χ2n) is 18.1. The van der Waals surface area contributed by atoms with E-state index in [4.69, 9.17) is 0 Å². The fraction of sp³-hybridized carbons (Fsp3) is 0.942. The van der Waals surface area contributed by atoms with E-state index >= 15 is 0 Å². The minimum Gasteiger partial charge on any atom is -0.394 e. The summed E-state index contributed by atoms with van der Waals surface area (Å²) in [5.74, 6) is -0.148. The maximum Gasteiger partial charge on any atom is 0.220 e. The van der Waals surface area contributed by atoms with Crippen LogP contribution in [0.1, 0.15) is 290 Å². The van der Waals surface area contributed by atoms with Gasteiger partial charge in [-0.15, -0.1) is 0 Å². The number of allylic oxidation sites excluding steroid dienone is 2. The van der Waals surface area contributed by atoms with Crippen LogP contribution in [0, 0.1) is 0 Å². The zero-order valence-corrected chi connectivity index (χ0v) is 38.7. The Bertz CT molecular complexity index is 803. The monoisotopic (exact) mass is 806 g/mol. The van der Waals surface area contributed by atoms with Crippen LogP contribution in [-0.2, 0) is 4.79 Å². The fourth-order valence-electron chi connectivity index (χ4n) is 8.34. The van der Waals surface area contributed by atoms with E-state index in [-0.39, 0.29) is 12.5 Å². The molecule has 0 aliphatic rings. The Morgan fingerprint density at radius 2 is 0.702 bits per heavy atom. The number of rotatable bonds is 48. The molecule has 0 saturated heterocycles. The van der Waals surface area contributed by atoms with Gasteiger partial charge in [0.25, 0.3) is 0 Å². The number of hydrogen-bond acceptors (Lipinski definition) is 4. The standard InChI is InChI=1S/C52H103NO4/c1-3-5-7-9-11-13-15-17-19-21-23-25-26-27-29-31-33-35-37-39-41-43-45-47-51(56)53-49(48-54)52(57)50(55)46-44-42-40-38-36-34-32-30-28-24-22-20-18-16-14-12-10-8-6-4-2/h38,40,49-50,52,54-55,57H,3-37,39,41-48H2,1-2H3,(H,53,56)/b40-38+. The van der Waals surface area contributed by atoms with Crippen LogP contribution in [0.25, 0.3) is 0 Å². The van der Waals surface area contributed by atoms with E-state index in [1.54, 1.807) is 0 Å². The topological polar surface area (TPSA) is 89.8 Å². The first-order chi connectivity index (χ1) is 28.1. The van der Waals surface area contributed by atoms with E-state index in [0.29, 0.717) is 12.8 Å². The van der Waals surface area contributed by atoms with Gasteiger partial charge in [0.05, 0.1) is 18.8 Å². The van der Waals surface area contributed by atoms with Crippen molar-refractivity contribution in [2.45, 2.75) is 308 Å². The average molecular weight is 806 g/mol. The minimum absolute atomic E-state index is 0.148. The number of aliphatic hydroxyl groups excluding tert-OH is 3. The summed E-state index contributed by atoms with van der Waals surface area (Å²) in [5, 5.41) is 33.7. The van der Waals surface area contributed by atoms with Crippen LogP contribution in [0.5, 0.6) is 0 Å². The molecule has 0 rings (SSSR count). The third-order valence-electron chi connectivity index (χ3n) is 12.4. The van der Waals surface area contributed by atoms with Gasteiger partial charge >= 0.3 is 0 Å². The van der Waals surface area contributed by atoms with Crippen molar-refractivity contribution in [2.75, 3.05) is 6.61 Å². The average Bonchev–Trinajstić information content (AvgIpc) is 3.22. The molecule has 0 fully saturated rings. The quantitative estimate of drug-likeness (QED) is 0.0364. The number of aliphatic hydroxyl groups is 3. The number of carbonyl (C=O) groups is 1. The van der Waals surface area contributed by atoms with Gasteiger partial charge in [-0.05, 0) is 38.5 Å². The Kier molecular flexibility index (Phi) is 47.0. The summed E-state index contributed by atoms with van der Waals surface area (Å²) in [5.41, 5.74) is 0. The van der Waals surface area contributed by atoms with Crippen molar-refractivity contribution in [1.29, 1.82) is 0 Å². The van der Waals surface area contributed by atoms with E-state index < -0.39 is 18.2 Å². The zero-order valence-electron chi connectivity index (χ0n) is 38.7. The van der Waals surface area contributed by atoms with Crippen molar-refractivity contribution in [3.05, 3.63) is 12.2 Å². The minimum atomic E-state index is -1.15. The third-order valence-corrected chi connectivity index (χ3v) is 12.4. The van der Waals surface area contributed by atoms with Crippen LogP contribution in [0.3, 0.4) is 0 Å². The van der Waals surface area contributed by atoms with Gasteiger partial charge in [0.1, 0.15) is 6.10 Å². The van der Waals surface area contributed by atoms with E-state index in [9.17, 15) is 20.1 Å². The van der Waals surface area contributed by atoms with Gasteiger partial charge in [0.2, 0.25) is 5.91 Å². The molecule has 0 aliphatic carbocycles. The maximum atomic E-state index is 12.5.